The number of hydrogen-bond donors (Lipinski definition) is 0. The summed E-state index contributed by atoms with van der Waals surface area (Å²) in [6.45, 7) is 0. The minimum absolute atomic E-state index is 0.170. The van der Waals surface area contributed by atoms with E-state index in [1.54, 1.807) is 6.07 Å². The number of nitrogens with zero attached hydrogens (tertiary/aromatic N) is 2. The average molecular weight is 196 g/mol. The van der Waals surface area contributed by atoms with E-state index in [9.17, 15) is 4.79 Å². The van der Waals surface area contributed by atoms with Crippen molar-refractivity contribution in [2.45, 2.75) is 0 Å². The van der Waals surface area contributed by atoms with E-state index in [4.69, 9.17) is 0 Å². The lowest BCUT2D eigenvalue weighted by atomic mass is 10.2. The number of rotatable bonds is 0. The first-order valence-corrected chi connectivity index (χ1v) is 4.72. The van der Waals surface area contributed by atoms with Crippen LogP contribution in [-0.2, 0) is 0 Å². The first-order valence-electron chi connectivity index (χ1n) is 4.72. The molecule has 2 aromatic heterocycles. The van der Waals surface area contributed by atoms with Gasteiger partial charge in [0, 0.05) is 6.20 Å². The summed E-state index contributed by atoms with van der Waals surface area (Å²) < 4.78 is 1.91. The van der Waals surface area contributed by atoms with Gasteiger partial charge >= 0.3 is 0 Å². The van der Waals surface area contributed by atoms with Crippen LogP contribution in [0.3, 0.4) is 0 Å². The highest BCUT2D eigenvalue weighted by Crippen LogP contribution is 2.10. The molecule has 3 heteroatoms. The Labute approximate surface area is 85.6 Å². The van der Waals surface area contributed by atoms with Crippen LogP contribution in [-0.4, -0.2) is 9.38 Å². The van der Waals surface area contributed by atoms with Crippen molar-refractivity contribution >= 4 is 16.6 Å². The van der Waals surface area contributed by atoms with Gasteiger partial charge in [-0.2, -0.15) is 4.98 Å². The minimum Gasteiger partial charge on any atom is -0.301 e. The molecule has 3 rings (SSSR count). The maximum Gasteiger partial charge on any atom is 0.281 e. The van der Waals surface area contributed by atoms with Crippen LogP contribution in [0.1, 0.15) is 0 Å². The van der Waals surface area contributed by atoms with Gasteiger partial charge in [0.05, 0.1) is 10.9 Å². The molecule has 0 fully saturated rings. The SMILES string of the molecule is O=c1nc2ccccn2c2ccccc12. The summed E-state index contributed by atoms with van der Waals surface area (Å²) in [7, 11) is 0. The first kappa shape index (κ1) is 8.17. The zero-order valence-electron chi connectivity index (χ0n) is 7.92. The highest BCUT2D eigenvalue weighted by atomic mass is 16.1. The normalized spacial score (nSPS) is 10.9. The van der Waals surface area contributed by atoms with Crippen molar-refractivity contribution in [3.8, 4) is 0 Å². The van der Waals surface area contributed by atoms with Crippen molar-refractivity contribution in [3.63, 3.8) is 0 Å². The lowest BCUT2D eigenvalue weighted by Crippen LogP contribution is -2.09. The van der Waals surface area contributed by atoms with Crippen LogP contribution < -0.4 is 5.56 Å². The quantitative estimate of drug-likeness (QED) is 0.514. The highest BCUT2D eigenvalue weighted by molar-refractivity contribution is 5.80. The molecule has 0 bridgehead atoms. The van der Waals surface area contributed by atoms with Gasteiger partial charge in [0.15, 0.2) is 0 Å². The summed E-state index contributed by atoms with van der Waals surface area (Å²) in [6.07, 6.45) is 1.91. The zero-order chi connectivity index (χ0) is 10.3. The van der Waals surface area contributed by atoms with Crippen LogP contribution >= 0.6 is 0 Å². The molecule has 0 radical (unpaired) electrons. The number of fused-ring (bicyclic) bond motifs is 3. The van der Waals surface area contributed by atoms with E-state index in [-0.39, 0.29) is 5.56 Å². The van der Waals surface area contributed by atoms with Crippen molar-refractivity contribution in [1.82, 2.24) is 9.38 Å². The Bertz CT molecular complexity index is 700. The van der Waals surface area contributed by atoms with Crippen molar-refractivity contribution in [3.05, 3.63) is 59.0 Å². The lowest BCUT2D eigenvalue weighted by molar-refractivity contribution is 1.13. The Hall–Kier alpha value is -2.16. The molecule has 0 aliphatic rings. The molecule has 0 N–H and O–H groups in total. The molecule has 0 aliphatic carbocycles. The largest absolute Gasteiger partial charge is 0.301 e. The molecule has 0 amide bonds. The molecule has 3 aromatic rings. The molecular weight excluding hydrogens is 188 g/mol. The summed E-state index contributed by atoms with van der Waals surface area (Å²) in [5.41, 5.74) is 1.41. The predicted octanol–water partition coefficient (Wildman–Crippen LogP) is 1.85. The van der Waals surface area contributed by atoms with E-state index >= 15 is 0 Å². The Kier molecular flexibility index (Phi) is 1.59. The number of pyridine rings is 1. The predicted molar refractivity (Wildman–Crippen MR) is 59.0 cm³/mol. The summed E-state index contributed by atoms with van der Waals surface area (Å²) >= 11 is 0. The van der Waals surface area contributed by atoms with E-state index in [1.165, 1.54) is 0 Å². The van der Waals surface area contributed by atoms with Gasteiger partial charge in [-0.05, 0) is 24.3 Å². The highest BCUT2D eigenvalue weighted by Gasteiger charge is 2.02. The molecule has 0 saturated carbocycles. The third-order valence-electron chi connectivity index (χ3n) is 2.45. The van der Waals surface area contributed by atoms with E-state index in [0.29, 0.717) is 11.0 Å². The van der Waals surface area contributed by atoms with E-state index in [2.05, 4.69) is 4.98 Å². The number of aromatic nitrogens is 2. The van der Waals surface area contributed by atoms with E-state index in [1.807, 2.05) is 47.0 Å². The van der Waals surface area contributed by atoms with Gasteiger partial charge < -0.3 is 4.40 Å². The number of benzene rings is 1. The topological polar surface area (TPSA) is 34.4 Å². The molecule has 72 valence electrons. The van der Waals surface area contributed by atoms with Gasteiger partial charge in [-0.25, -0.2) is 0 Å². The van der Waals surface area contributed by atoms with Crippen molar-refractivity contribution in [2.24, 2.45) is 0 Å². The third-order valence-corrected chi connectivity index (χ3v) is 2.45. The fraction of sp³-hybridized carbons (Fsp3) is 0. The zero-order valence-corrected chi connectivity index (χ0v) is 7.92. The Balaban J connectivity index is 2.70. The molecular formula is C12H8N2O. The minimum atomic E-state index is -0.170. The number of hydrogen-bond acceptors (Lipinski definition) is 2. The van der Waals surface area contributed by atoms with Gasteiger partial charge in [0.2, 0.25) is 0 Å². The van der Waals surface area contributed by atoms with Gasteiger partial charge in [-0.3, -0.25) is 4.79 Å². The van der Waals surface area contributed by atoms with Crippen LogP contribution in [0, 0.1) is 0 Å². The molecule has 0 spiro atoms. The van der Waals surface area contributed by atoms with E-state index < -0.39 is 0 Å². The molecule has 0 saturated heterocycles. The Morgan fingerprint density at radius 2 is 1.80 bits per heavy atom. The second kappa shape index (κ2) is 2.92. The Morgan fingerprint density at radius 3 is 2.73 bits per heavy atom. The van der Waals surface area contributed by atoms with Crippen molar-refractivity contribution in [1.29, 1.82) is 0 Å². The fourth-order valence-electron chi connectivity index (χ4n) is 1.76. The molecule has 1 aromatic carbocycles. The first-order chi connectivity index (χ1) is 7.36. The van der Waals surface area contributed by atoms with Gasteiger partial charge in [0.25, 0.3) is 5.56 Å². The van der Waals surface area contributed by atoms with Crippen LogP contribution in [0.5, 0.6) is 0 Å². The molecule has 3 nitrogen and oxygen atoms in total. The van der Waals surface area contributed by atoms with Crippen LogP contribution in [0.2, 0.25) is 0 Å². The molecule has 0 unspecified atom stereocenters. The second-order valence-corrected chi connectivity index (χ2v) is 3.36. The van der Waals surface area contributed by atoms with Crippen LogP contribution in [0.4, 0.5) is 0 Å². The van der Waals surface area contributed by atoms with Crippen LogP contribution in [0.15, 0.2) is 53.5 Å². The van der Waals surface area contributed by atoms with Crippen molar-refractivity contribution < 1.29 is 0 Å². The molecule has 15 heavy (non-hydrogen) atoms. The lowest BCUT2D eigenvalue weighted by Gasteiger charge is -2.03. The van der Waals surface area contributed by atoms with Crippen molar-refractivity contribution in [2.75, 3.05) is 0 Å². The maximum absolute atomic E-state index is 11.7. The summed E-state index contributed by atoms with van der Waals surface area (Å²) in [5.74, 6) is 0. The molecule has 0 aliphatic heterocycles. The summed E-state index contributed by atoms with van der Waals surface area (Å²) in [4.78, 5) is 15.7. The molecule has 0 atom stereocenters. The Morgan fingerprint density at radius 1 is 1.00 bits per heavy atom. The third kappa shape index (κ3) is 1.13. The average Bonchev–Trinajstić information content (AvgIpc) is 2.30. The second-order valence-electron chi connectivity index (χ2n) is 3.36. The monoisotopic (exact) mass is 196 g/mol. The smallest absolute Gasteiger partial charge is 0.281 e. The van der Waals surface area contributed by atoms with Gasteiger partial charge in [-0.1, -0.05) is 18.2 Å². The fourth-order valence-corrected chi connectivity index (χ4v) is 1.76. The molecule has 2 heterocycles. The van der Waals surface area contributed by atoms with Gasteiger partial charge in [0.1, 0.15) is 5.65 Å². The number of para-hydroxylation sites is 1. The summed E-state index contributed by atoms with van der Waals surface area (Å²) in [6, 6.07) is 13.1. The van der Waals surface area contributed by atoms with Crippen LogP contribution in [0.25, 0.3) is 16.6 Å². The standard InChI is InChI=1S/C12H8N2O/c15-12-9-5-1-2-6-10(9)14-8-4-3-7-11(14)13-12/h1-8H. The summed E-state index contributed by atoms with van der Waals surface area (Å²) in [5, 5.41) is 0.654. The maximum atomic E-state index is 11.7. The van der Waals surface area contributed by atoms with Gasteiger partial charge in [-0.15, -0.1) is 0 Å². The van der Waals surface area contributed by atoms with E-state index in [0.717, 1.165) is 5.52 Å².